The molecule has 0 radical (unpaired) electrons. The highest BCUT2D eigenvalue weighted by atomic mass is 16.5. The van der Waals surface area contributed by atoms with E-state index in [1.165, 1.54) is 6.42 Å². The second kappa shape index (κ2) is 8.15. The molecular weight excluding hydrogens is 246 g/mol. The van der Waals surface area contributed by atoms with Gasteiger partial charge in [0, 0.05) is 20.1 Å². The molecule has 0 aromatic carbocycles. The molecule has 1 aliphatic carbocycles. The average Bonchev–Trinajstić information content (AvgIpc) is 2.37. The van der Waals surface area contributed by atoms with Gasteiger partial charge in [-0.15, -0.1) is 0 Å². The van der Waals surface area contributed by atoms with Crippen LogP contribution >= 0.6 is 0 Å². The summed E-state index contributed by atoms with van der Waals surface area (Å²) in [5.74, 6) is -0.930. The van der Waals surface area contributed by atoms with E-state index in [-0.39, 0.29) is 17.7 Å². The quantitative estimate of drug-likeness (QED) is 0.740. The second-order valence-electron chi connectivity index (χ2n) is 5.55. The minimum atomic E-state index is -0.917. The van der Waals surface area contributed by atoms with Crippen molar-refractivity contribution in [1.29, 1.82) is 0 Å². The highest BCUT2D eigenvalue weighted by molar-refractivity contribution is 5.83. The zero-order valence-corrected chi connectivity index (χ0v) is 11.9. The molecule has 2 atom stereocenters. The molecule has 5 heteroatoms. The maximum Gasteiger partial charge on any atom is 0.326 e. The van der Waals surface area contributed by atoms with Crippen molar-refractivity contribution in [1.82, 2.24) is 5.32 Å². The Labute approximate surface area is 114 Å². The number of hydrogen-bond acceptors (Lipinski definition) is 3. The number of carbonyl (C=O) groups is 2. The Morgan fingerprint density at radius 2 is 1.95 bits per heavy atom. The molecule has 0 heterocycles. The first-order chi connectivity index (χ1) is 9.04. The summed E-state index contributed by atoms with van der Waals surface area (Å²) in [5.41, 5.74) is 0. The minimum Gasteiger partial charge on any atom is -0.480 e. The molecule has 5 nitrogen and oxygen atoms in total. The number of carbonyl (C=O) groups excluding carboxylic acids is 1. The van der Waals surface area contributed by atoms with Gasteiger partial charge in [-0.1, -0.05) is 26.2 Å². The van der Waals surface area contributed by atoms with Crippen LogP contribution in [0.15, 0.2) is 0 Å². The molecule has 2 unspecified atom stereocenters. The van der Waals surface area contributed by atoms with E-state index in [1.54, 1.807) is 7.11 Å². The number of ether oxygens (including phenoxy) is 1. The van der Waals surface area contributed by atoms with Crippen molar-refractivity contribution in [3.8, 4) is 0 Å². The predicted molar refractivity (Wildman–Crippen MR) is 71.8 cm³/mol. The van der Waals surface area contributed by atoms with Crippen molar-refractivity contribution >= 4 is 11.9 Å². The monoisotopic (exact) mass is 271 g/mol. The molecule has 1 fully saturated rings. The SMILES string of the molecule is COCC(C)CC(=O)NC(C(=O)O)C1CCCCC1. The van der Waals surface area contributed by atoms with E-state index in [4.69, 9.17) is 4.74 Å². The van der Waals surface area contributed by atoms with E-state index in [0.29, 0.717) is 13.0 Å². The third kappa shape index (κ3) is 5.59. The Balaban J connectivity index is 2.48. The molecule has 1 rings (SSSR count). The first kappa shape index (κ1) is 16.0. The standard InChI is InChI=1S/C14H25NO4/c1-10(9-19-2)8-12(16)15-13(14(17)18)11-6-4-3-5-7-11/h10-11,13H,3-9H2,1-2H3,(H,15,16)(H,17,18). The predicted octanol–water partition coefficient (Wildman–Crippen LogP) is 1.81. The van der Waals surface area contributed by atoms with E-state index >= 15 is 0 Å². The molecule has 110 valence electrons. The summed E-state index contributed by atoms with van der Waals surface area (Å²) in [7, 11) is 1.59. The van der Waals surface area contributed by atoms with E-state index in [9.17, 15) is 14.7 Å². The zero-order chi connectivity index (χ0) is 14.3. The zero-order valence-electron chi connectivity index (χ0n) is 11.9. The molecule has 0 aromatic rings. The van der Waals surface area contributed by atoms with Crippen LogP contribution in [0.5, 0.6) is 0 Å². The molecule has 0 saturated heterocycles. The van der Waals surface area contributed by atoms with Gasteiger partial charge in [-0.25, -0.2) is 4.79 Å². The van der Waals surface area contributed by atoms with Crippen LogP contribution in [-0.2, 0) is 14.3 Å². The number of carboxylic acids is 1. The Kier molecular flexibility index (Phi) is 6.84. The first-order valence-electron chi connectivity index (χ1n) is 7.05. The van der Waals surface area contributed by atoms with Crippen molar-refractivity contribution in [3.05, 3.63) is 0 Å². The van der Waals surface area contributed by atoms with Crippen LogP contribution in [0.1, 0.15) is 45.4 Å². The van der Waals surface area contributed by atoms with Gasteiger partial charge < -0.3 is 15.2 Å². The first-order valence-corrected chi connectivity index (χ1v) is 7.05. The highest BCUT2D eigenvalue weighted by Crippen LogP contribution is 2.26. The van der Waals surface area contributed by atoms with Crippen LogP contribution in [0.2, 0.25) is 0 Å². The fraction of sp³-hybridized carbons (Fsp3) is 0.857. The Morgan fingerprint density at radius 3 is 2.47 bits per heavy atom. The maximum atomic E-state index is 11.9. The summed E-state index contributed by atoms with van der Waals surface area (Å²) in [5, 5.41) is 12.0. The lowest BCUT2D eigenvalue weighted by Crippen LogP contribution is -2.47. The van der Waals surface area contributed by atoms with Crippen LogP contribution in [0.25, 0.3) is 0 Å². The van der Waals surface area contributed by atoms with Gasteiger partial charge in [0.05, 0.1) is 0 Å². The molecular formula is C14H25NO4. The third-order valence-electron chi connectivity index (χ3n) is 3.69. The average molecular weight is 271 g/mol. The Morgan fingerprint density at radius 1 is 1.32 bits per heavy atom. The van der Waals surface area contributed by atoms with Gasteiger partial charge in [-0.05, 0) is 24.7 Å². The third-order valence-corrected chi connectivity index (χ3v) is 3.69. The Bertz CT molecular complexity index is 300. The normalized spacial score (nSPS) is 19.7. The van der Waals surface area contributed by atoms with Crippen molar-refractivity contribution in [2.45, 2.75) is 51.5 Å². The number of methoxy groups -OCH3 is 1. The number of aliphatic carboxylic acids is 1. The summed E-state index contributed by atoms with van der Waals surface area (Å²) >= 11 is 0. The molecule has 0 aromatic heterocycles. The van der Waals surface area contributed by atoms with Crippen molar-refractivity contribution in [2.75, 3.05) is 13.7 Å². The largest absolute Gasteiger partial charge is 0.480 e. The summed E-state index contributed by atoms with van der Waals surface area (Å²) in [6, 6.07) is -0.734. The number of carboxylic acid groups (broad SMARTS) is 1. The van der Waals surface area contributed by atoms with Gasteiger partial charge in [0.25, 0.3) is 0 Å². The fourth-order valence-corrected chi connectivity index (χ4v) is 2.74. The second-order valence-corrected chi connectivity index (χ2v) is 5.55. The molecule has 1 saturated carbocycles. The van der Waals surface area contributed by atoms with Crippen LogP contribution < -0.4 is 5.32 Å². The number of hydrogen-bond donors (Lipinski definition) is 2. The smallest absolute Gasteiger partial charge is 0.326 e. The summed E-state index contributed by atoms with van der Waals surface area (Å²) in [6.07, 6.45) is 5.39. The molecule has 0 bridgehead atoms. The lowest BCUT2D eigenvalue weighted by molar-refractivity contribution is -0.144. The van der Waals surface area contributed by atoms with Gasteiger partial charge >= 0.3 is 5.97 Å². The van der Waals surface area contributed by atoms with Crippen LogP contribution in [0, 0.1) is 11.8 Å². The van der Waals surface area contributed by atoms with Crippen molar-refractivity contribution < 1.29 is 19.4 Å². The summed E-state index contributed by atoms with van der Waals surface area (Å²) in [6.45, 7) is 2.42. The molecule has 1 aliphatic rings. The molecule has 0 aliphatic heterocycles. The van der Waals surface area contributed by atoms with Gasteiger partial charge in [0.15, 0.2) is 0 Å². The van der Waals surface area contributed by atoms with E-state index in [2.05, 4.69) is 5.32 Å². The molecule has 2 N–H and O–H groups in total. The van der Waals surface area contributed by atoms with E-state index < -0.39 is 12.0 Å². The fourth-order valence-electron chi connectivity index (χ4n) is 2.74. The Hall–Kier alpha value is -1.10. The van der Waals surface area contributed by atoms with Crippen LogP contribution in [0.4, 0.5) is 0 Å². The highest BCUT2D eigenvalue weighted by Gasteiger charge is 2.30. The van der Waals surface area contributed by atoms with Crippen molar-refractivity contribution in [3.63, 3.8) is 0 Å². The summed E-state index contributed by atoms with van der Waals surface area (Å²) in [4.78, 5) is 23.2. The topological polar surface area (TPSA) is 75.6 Å². The van der Waals surface area contributed by atoms with Gasteiger partial charge in [-0.3, -0.25) is 4.79 Å². The van der Waals surface area contributed by atoms with Gasteiger partial charge in [-0.2, -0.15) is 0 Å². The summed E-state index contributed by atoms with van der Waals surface area (Å²) < 4.78 is 4.98. The number of amides is 1. The number of rotatable bonds is 7. The van der Waals surface area contributed by atoms with Crippen LogP contribution in [-0.4, -0.2) is 36.7 Å². The lowest BCUT2D eigenvalue weighted by atomic mass is 9.84. The van der Waals surface area contributed by atoms with E-state index in [1.807, 2.05) is 6.92 Å². The van der Waals surface area contributed by atoms with Crippen molar-refractivity contribution in [2.24, 2.45) is 11.8 Å². The molecule has 0 spiro atoms. The lowest BCUT2D eigenvalue weighted by Gasteiger charge is -2.28. The van der Waals surface area contributed by atoms with Gasteiger partial charge in [0.1, 0.15) is 6.04 Å². The molecule has 1 amide bonds. The van der Waals surface area contributed by atoms with E-state index in [0.717, 1.165) is 25.7 Å². The minimum absolute atomic E-state index is 0.0768. The number of nitrogens with one attached hydrogen (secondary N) is 1. The maximum absolute atomic E-state index is 11.9. The van der Waals surface area contributed by atoms with Crippen LogP contribution in [0.3, 0.4) is 0 Å². The van der Waals surface area contributed by atoms with Gasteiger partial charge in [0.2, 0.25) is 5.91 Å². The molecule has 19 heavy (non-hydrogen) atoms.